The van der Waals surface area contributed by atoms with Crippen LogP contribution in [0.1, 0.15) is 17.3 Å². The first-order chi connectivity index (χ1) is 21.6. The molecule has 0 spiro atoms. The first-order valence-corrected chi connectivity index (χ1v) is 15.4. The van der Waals surface area contributed by atoms with Crippen LogP contribution >= 0.6 is 11.3 Å². The lowest BCUT2D eigenvalue weighted by Gasteiger charge is -2.12. The summed E-state index contributed by atoms with van der Waals surface area (Å²) in [5, 5.41) is 4.68. The largest absolute Gasteiger partial charge is 0.327 e. The second kappa shape index (κ2) is 9.59. The molecule has 0 radical (unpaired) electrons. The number of thiophene rings is 1. The second-order valence-corrected chi connectivity index (χ2v) is 12.3. The Balaban J connectivity index is 1.22. The number of fused-ring (bicyclic) bond motifs is 7. The van der Waals surface area contributed by atoms with Crippen LogP contribution in [0.3, 0.4) is 0 Å². The van der Waals surface area contributed by atoms with Gasteiger partial charge in [-0.15, -0.1) is 11.3 Å². The molecular formula is C38H25FN4S. The van der Waals surface area contributed by atoms with Crippen LogP contribution in [0.2, 0.25) is 0 Å². The highest BCUT2D eigenvalue weighted by Gasteiger charge is 2.20. The van der Waals surface area contributed by atoms with Gasteiger partial charge in [0.1, 0.15) is 11.6 Å². The van der Waals surface area contributed by atoms with Crippen LogP contribution in [0.25, 0.3) is 70.2 Å². The number of aromatic nitrogens is 4. The summed E-state index contributed by atoms with van der Waals surface area (Å²) in [5.41, 5.74) is 6.06. The van der Waals surface area contributed by atoms with Gasteiger partial charge in [-0.2, -0.15) is 0 Å². The van der Waals surface area contributed by atoms with Crippen LogP contribution < -0.4 is 0 Å². The topological polar surface area (TPSA) is 35.6 Å². The Hall–Kier alpha value is -5.33. The molecule has 6 heteroatoms. The minimum absolute atomic E-state index is 0.599. The zero-order valence-corrected chi connectivity index (χ0v) is 24.6. The molecule has 9 aromatic rings. The highest BCUT2D eigenvalue weighted by molar-refractivity contribution is 7.25. The quantitative estimate of drug-likeness (QED) is 0.205. The summed E-state index contributed by atoms with van der Waals surface area (Å²) in [7, 11) is 2.00. The molecule has 0 amide bonds. The SMILES string of the molecule is Cn1c(-c2cccc(C(F)c3ccc4c5cc6sc7ccccc7c6cc5n(-c5ccccn5)c4c3)c2)nc2ccccc21. The maximum Gasteiger partial charge on any atom is 0.150 e. The molecule has 1 unspecified atom stereocenters. The molecular weight excluding hydrogens is 564 g/mol. The Bertz CT molecular complexity index is 2540. The number of imidazole rings is 1. The molecule has 0 aliphatic carbocycles. The van der Waals surface area contributed by atoms with Crippen LogP contribution in [0.5, 0.6) is 0 Å². The van der Waals surface area contributed by atoms with Crippen molar-refractivity contribution in [2.45, 2.75) is 6.17 Å². The van der Waals surface area contributed by atoms with Gasteiger partial charge >= 0.3 is 0 Å². The second-order valence-electron chi connectivity index (χ2n) is 11.2. The fraction of sp³-hybridized carbons (Fsp3) is 0.0526. The van der Waals surface area contributed by atoms with Gasteiger partial charge in [-0.3, -0.25) is 4.57 Å². The Labute approximate surface area is 256 Å². The molecule has 4 nitrogen and oxygen atoms in total. The Kier molecular flexibility index (Phi) is 5.49. The summed E-state index contributed by atoms with van der Waals surface area (Å²) in [6, 6.07) is 40.7. The molecule has 4 heterocycles. The molecule has 44 heavy (non-hydrogen) atoms. The molecule has 0 bridgehead atoms. The van der Waals surface area contributed by atoms with Gasteiger partial charge in [0, 0.05) is 49.8 Å². The summed E-state index contributed by atoms with van der Waals surface area (Å²) in [6.45, 7) is 0. The molecule has 5 aromatic carbocycles. The van der Waals surface area contributed by atoms with E-state index in [-0.39, 0.29) is 0 Å². The summed E-state index contributed by atoms with van der Waals surface area (Å²) in [5.74, 6) is 1.63. The lowest BCUT2D eigenvalue weighted by atomic mass is 9.99. The average molecular weight is 589 g/mol. The number of benzene rings is 5. The van der Waals surface area contributed by atoms with Crippen LogP contribution in [0.4, 0.5) is 4.39 Å². The minimum Gasteiger partial charge on any atom is -0.327 e. The van der Waals surface area contributed by atoms with Crippen molar-refractivity contribution in [3.63, 3.8) is 0 Å². The smallest absolute Gasteiger partial charge is 0.150 e. The van der Waals surface area contributed by atoms with Gasteiger partial charge in [0.25, 0.3) is 0 Å². The third kappa shape index (κ3) is 3.74. The third-order valence-electron chi connectivity index (χ3n) is 8.68. The number of rotatable bonds is 4. The van der Waals surface area contributed by atoms with Crippen molar-refractivity contribution >= 4 is 64.3 Å². The highest BCUT2D eigenvalue weighted by atomic mass is 32.1. The molecule has 0 aliphatic heterocycles. The van der Waals surface area contributed by atoms with E-state index in [9.17, 15) is 0 Å². The average Bonchev–Trinajstić information content (AvgIpc) is 3.72. The molecule has 4 aromatic heterocycles. The summed E-state index contributed by atoms with van der Waals surface area (Å²) >= 11 is 1.81. The molecule has 0 saturated heterocycles. The van der Waals surface area contributed by atoms with E-state index in [0.717, 1.165) is 50.0 Å². The zero-order valence-electron chi connectivity index (χ0n) is 23.8. The fourth-order valence-electron chi connectivity index (χ4n) is 6.57. The van der Waals surface area contributed by atoms with E-state index < -0.39 is 6.17 Å². The predicted molar refractivity (Wildman–Crippen MR) is 181 cm³/mol. The number of halogens is 1. The number of hydrogen-bond donors (Lipinski definition) is 0. The number of hydrogen-bond acceptors (Lipinski definition) is 3. The van der Waals surface area contributed by atoms with Crippen LogP contribution in [0, 0.1) is 0 Å². The first-order valence-electron chi connectivity index (χ1n) is 14.6. The van der Waals surface area contributed by atoms with E-state index in [4.69, 9.17) is 9.97 Å². The maximum atomic E-state index is 16.5. The Morgan fingerprint density at radius 3 is 2.34 bits per heavy atom. The van der Waals surface area contributed by atoms with Crippen LogP contribution in [-0.4, -0.2) is 19.1 Å². The zero-order chi connectivity index (χ0) is 29.4. The van der Waals surface area contributed by atoms with E-state index in [2.05, 4.69) is 57.7 Å². The van der Waals surface area contributed by atoms with Gasteiger partial charge in [-0.1, -0.05) is 66.7 Å². The van der Waals surface area contributed by atoms with Crippen LogP contribution in [-0.2, 0) is 7.05 Å². The normalized spacial score (nSPS) is 12.7. The molecule has 210 valence electrons. The van der Waals surface area contributed by atoms with Crippen molar-refractivity contribution in [3.8, 4) is 17.2 Å². The summed E-state index contributed by atoms with van der Waals surface area (Å²) in [6.07, 6.45) is 0.497. The van der Waals surface area contributed by atoms with E-state index in [0.29, 0.717) is 11.1 Å². The third-order valence-corrected chi connectivity index (χ3v) is 9.82. The van der Waals surface area contributed by atoms with Crippen molar-refractivity contribution < 1.29 is 4.39 Å². The molecule has 1 atom stereocenters. The lowest BCUT2D eigenvalue weighted by Crippen LogP contribution is -1.99. The molecule has 0 aliphatic rings. The monoisotopic (exact) mass is 588 g/mol. The number of alkyl halides is 1. The predicted octanol–water partition coefficient (Wildman–Crippen LogP) is 10.2. The van der Waals surface area contributed by atoms with Gasteiger partial charge in [0.05, 0.1) is 22.1 Å². The fourth-order valence-corrected chi connectivity index (χ4v) is 7.70. The standard InChI is InChI=1S/C38H25FN4S/c1-42-31-13-4-3-12-30(31)41-38(42)25-10-8-9-23(19-25)37(39)24-16-17-26-28-22-35-29(27-11-2-5-14-34(27)44-35)21-33(28)43(32(26)20-24)36-15-6-7-18-40-36/h2-22,37H,1H3. The van der Waals surface area contributed by atoms with Gasteiger partial charge in [0.2, 0.25) is 0 Å². The Morgan fingerprint density at radius 1 is 0.636 bits per heavy atom. The van der Waals surface area contributed by atoms with E-state index in [1.807, 2.05) is 79.8 Å². The number of nitrogens with zero attached hydrogens (tertiary/aromatic N) is 4. The molecule has 0 saturated carbocycles. The highest BCUT2D eigenvalue weighted by Crippen LogP contribution is 2.41. The van der Waals surface area contributed by atoms with Crippen LogP contribution in [0.15, 0.2) is 128 Å². The number of pyridine rings is 1. The van der Waals surface area contributed by atoms with E-state index in [1.54, 1.807) is 17.5 Å². The van der Waals surface area contributed by atoms with E-state index >= 15 is 4.39 Å². The molecule has 9 rings (SSSR count). The van der Waals surface area contributed by atoms with Crippen molar-refractivity contribution in [2.75, 3.05) is 0 Å². The van der Waals surface area contributed by atoms with Crippen molar-refractivity contribution in [1.82, 2.24) is 19.1 Å². The van der Waals surface area contributed by atoms with Crippen molar-refractivity contribution in [1.29, 1.82) is 0 Å². The number of aryl methyl sites for hydroxylation is 1. The maximum absolute atomic E-state index is 16.5. The lowest BCUT2D eigenvalue weighted by molar-refractivity contribution is 0.402. The minimum atomic E-state index is -1.31. The van der Waals surface area contributed by atoms with Gasteiger partial charge in [-0.25, -0.2) is 14.4 Å². The van der Waals surface area contributed by atoms with E-state index in [1.165, 1.54) is 20.2 Å². The van der Waals surface area contributed by atoms with Crippen molar-refractivity contribution in [2.24, 2.45) is 7.05 Å². The first kappa shape index (κ1) is 25.2. The molecule has 0 fully saturated rings. The Morgan fingerprint density at radius 2 is 1.45 bits per heavy atom. The van der Waals surface area contributed by atoms with Gasteiger partial charge in [-0.05, 0) is 65.7 Å². The van der Waals surface area contributed by atoms with Crippen molar-refractivity contribution in [3.05, 3.63) is 139 Å². The summed E-state index contributed by atoms with van der Waals surface area (Å²) in [4.78, 5) is 9.55. The van der Waals surface area contributed by atoms with Gasteiger partial charge < -0.3 is 4.57 Å². The molecule has 0 N–H and O–H groups in total. The van der Waals surface area contributed by atoms with Gasteiger partial charge in [0.15, 0.2) is 6.17 Å². The number of para-hydroxylation sites is 2. The summed E-state index contributed by atoms with van der Waals surface area (Å²) < 4.78 is 23.2.